The lowest BCUT2D eigenvalue weighted by atomic mass is 9.75. The number of nitrogens with zero attached hydrogens (tertiary/aromatic N) is 1. The van der Waals surface area contributed by atoms with Crippen LogP contribution in [-0.2, 0) is 0 Å². The number of hydrogen-bond acceptors (Lipinski definition) is 1. The normalized spacial score (nSPS) is 24.5. The summed E-state index contributed by atoms with van der Waals surface area (Å²) in [5, 5.41) is 1.21. The van der Waals surface area contributed by atoms with Crippen LogP contribution in [0, 0.1) is 11.3 Å². The molecule has 2 aliphatic carbocycles. The third-order valence-electron chi connectivity index (χ3n) is 5.18. The Hall–Kier alpha value is 0.440. The predicted molar refractivity (Wildman–Crippen MR) is 88.0 cm³/mol. The minimum atomic E-state index is 0.579. The molecule has 0 atom stereocenters. The minimum absolute atomic E-state index is 0.579. The van der Waals surface area contributed by atoms with Crippen molar-refractivity contribution >= 4 is 15.9 Å². The van der Waals surface area contributed by atoms with Gasteiger partial charge in [0.15, 0.2) is 0 Å². The van der Waals surface area contributed by atoms with Crippen molar-refractivity contribution in [1.82, 2.24) is 4.90 Å². The molecule has 0 aromatic carbocycles. The van der Waals surface area contributed by atoms with E-state index in [0.717, 1.165) is 12.0 Å². The van der Waals surface area contributed by atoms with E-state index in [1.54, 1.807) is 0 Å². The molecule has 0 amide bonds. The Bertz CT molecular complexity index is 252. The molecule has 2 saturated carbocycles. The molecule has 19 heavy (non-hydrogen) atoms. The van der Waals surface area contributed by atoms with E-state index < -0.39 is 0 Å². The molecule has 0 aromatic heterocycles. The van der Waals surface area contributed by atoms with E-state index >= 15 is 0 Å². The first-order valence-electron chi connectivity index (χ1n) is 8.45. The van der Waals surface area contributed by atoms with Crippen LogP contribution in [0.3, 0.4) is 0 Å². The van der Waals surface area contributed by atoms with Crippen molar-refractivity contribution in [3.05, 3.63) is 0 Å². The van der Waals surface area contributed by atoms with Gasteiger partial charge in [-0.1, -0.05) is 61.9 Å². The van der Waals surface area contributed by atoms with Gasteiger partial charge in [0.25, 0.3) is 0 Å². The average Bonchev–Trinajstić information content (AvgIpc) is 2.92. The topological polar surface area (TPSA) is 3.24 Å². The molecule has 0 heterocycles. The Morgan fingerprint density at radius 3 is 2.21 bits per heavy atom. The number of hydrogen-bond donors (Lipinski definition) is 0. The van der Waals surface area contributed by atoms with E-state index in [-0.39, 0.29) is 0 Å². The molecule has 0 radical (unpaired) electrons. The average molecular weight is 330 g/mol. The van der Waals surface area contributed by atoms with Crippen LogP contribution in [0.1, 0.15) is 71.6 Å². The second-order valence-electron chi connectivity index (χ2n) is 7.46. The molecule has 2 heteroatoms. The Balaban J connectivity index is 2.00. The first-order valence-corrected chi connectivity index (χ1v) is 9.57. The third kappa shape index (κ3) is 4.46. The van der Waals surface area contributed by atoms with Gasteiger partial charge in [0.1, 0.15) is 0 Å². The molecule has 0 bridgehead atoms. The summed E-state index contributed by atoms with van der Waals surface area (Å²) in [5.41, 5.74) is 0.579. The van der Waals surface area contributed by atoms with Gasteiger partial charge in [-0.25, -0.2) is 0 Å². The van der Waals surface area contributed by atoms with Gasteiger partial charge in [-0.3, -0.25) is 4.90 Å². The van der Waals surface area contributed by atoms with Crippen LogP contribution >= 0.6 is 15.9 Å². The lowest BCUT2D eigenvalue weighted by Crippen LogP contribution is -2.46. The van der Waals surface area contributed by atoms with Crippen LogP contribution in [0.25, 0.3) is 0 Å². The van der Waals surface area contributed by atoms with Gasteiger partial charge in [-0.05, 0) is 37.0 Å². The van der Waals surface area contributed by atoms with E-state index in [0.29, 0.717) is 5.41 Å². The molecule has 2 fully saturated rings. The van der Waals surface area contributed by atoms with Gasteiger partial charge in [0, 0.05) is 24.5 Å². The zero-order valence-corrected chi connectivity index (χ0v) is 14.6. The van der Waals surface area contributed by atoms with E-state index in [9.17, 15) is 0 Å². The summed E-state index contributed by atoms with van der Waals surface area (Å²) in [7, 11) is 0. The zero-order chi connectivity index (χ0) is 13.7. The van der Waals surface area contributed by atoms with Crippen molar-refractivity contribution in [1.29, 1.82) is 0 Å². The number of halogens is 1. The van der Waals surface area contributed by atoms with E-state index in [2.05, 4.69) is 34.7 Å². The van der Waals surface area contributed by atoms with Crippen LogP contribution in [0.4, 0.5) is 0 Å². The van der Waals surface area contributed by atoms with Crippen LogP contribution in [-0.4, -0.2) is 29.4 Å². The van der Waals surface area contributed by atoms with E-state index in [1.807, 2.05) is 0 Å². The highest BCUT2D eigenvalue weighted by Gasteiger charge is 2.35. The first-order chi connectivity index (χ1) is 9.15. The highest BCUT2D eigenvalue weighted by atomic mass is 79.9. The fourth-order valence-corrected chi connectivity index (χ4v) is 4.89. The van der Waals surface area contributed by atoms with Gasteiger partial charge in [0.2, 0.25) is 0 Å². The van der Waals surface area contributed by atoms with Gasteiger partial charge in [-0.2, -0.15) is 0 Å². The largest absolute Gasteiger partial charge is 0.300 e. The number of alkyl halides is 1. The maximum absolute atomic E-state index is 3.84. The summed E-state index contributed by atoms with van der Waals surface area (Å²) in [6, 6.07) is 0.889. The Morgan fingerprint density at radius 2 is 1.68 bits per heavy atom. The maximum atomic E-state index is 3.84. The Morgan fingerprint density at radius 1 is 1.05 bits per heavy atom. The smallest absolute Gasteiger partial charge is 0.0100 e. The van der Waals surface area contributed by atoms with E-state index in [1.165, 1.54) is 76.2 Å². The van der Waals surface area contributed by atoms with Crippen LogP contribution in [0.15, 0.2) is 0 Å². The summed E-state index contributed by atoms with van der Waals surface area (Å²) < 4.78 is 0. The second-order valence-corrected chi connectivity index (χ2v) is 8.02. The van der Waals surface area contributed by atoms with Gasteiger partial charge in [0.05, 0.1) is 0 Å². The van der Waals surface area contributed by atoms with Crippen molar-refractivity contribution in [2.45, 2.75) is 77.7 Å². The van der Waals surface area contributed by atoms with Crippen molar-refractivity contribution < 1.29 is 0 Å². The molecular formula is C17H32BrN. The summed E-state index contributed by atoms with van der Waals surface area (Å²) >= 11 is 3.84. The molecule has 0 N–H and O–H groups in total. The van der Waals surface area contributed by atoms with Crippen LogP contribution in [0.2, 0.25) is 0 Å². The highest BCUT2D eigenvalue weighted by molar-refractivity contribution is 9.09. The summed E-state index contributed by atoms with van der Waals surface area (Å²) in [6.07, 6.45) is 13.1. The van der Waals surface area contributed by atoms with Gasteiger partial charge in [-0.15, -0.1) is 0 Å². The van der Waals surface area contributed by atoms with E-state index in [4.69, 9.17) is 0 Å². The summed E-state index contributed by atoms with van der Waals surface area (Å²) in [4.78, 5) is 2.87. The fraction of sp³-hybridized carbons (Fsp3) is 1.00. The van der Waals surface area contributed by atoms with Gasteiger partial charge >= 0.3 is 0 Å². The fourth-order valence-electron chi connectivity index (χ4n) is 4.15. The molecule has 0 unspecified atom stereocenters. The molecule has 2 rings (SSSR count). The second kappa shape index (κ2) is 7.45. The molecule has 2 aliphatic rings. The summed E-state index contributed by atoms with van der Waals surface area (Å²) in [5.74, 6) is 0.802. The molecule has 0 aliphatic heterocycles. The summed E-state index contributed by atoms with van der Waals surface area (Å²) in [6.45, 7) is 7.41. The molecule has 0 spiro atoms. The third-order valence-corrected chi connectivity index (χ3v) is 6.37. The quantitative estimate of drug-likeness (QED) is 0.603. The first kappa shape index (κ1) is 15.8. The minimum Gasteiger partial charge on any atom is -0.300 e. The maximum Gasteiger partial charge on any atom is 0.0100 e. The molecule has 1 nitrogen and oxygen atoms in total. The van der Waals surface area contributed by atoms with Crippen LogP contribution in [0.5, 0.6) is 0 Å². The molecule has 0 saturated heterocycles. The zero-order valence-electron chi connectivity index (χ0n) is 13.0. The Labute approximate surface area is 128 Å². The highest BCUT2D eigenvalue weighted by Crippen LogP contribution is 2.40. The van der Waals surface area contributed by atoms with Crippen LogP contribution < -0.4 is 0 Å². The SMILES string of the molecule is CC(C)CN(CC1(CBr)CCCCC1)C1CCCC1. The lowest BCUT2D eigenvalue weighted by Gasteiger charge is -2.43. The lowest BCUT2D eigenvalue weighted by molar-refractivity contribution is 0.0843. The van der Waals surface area contributed by atoms with Crippen molar-refractivity contribution in [3.63, 3.8) is 0 Å². The molecule has 112 valence electrons. The van der Waals surface area contributed by atoms with Crippen molar-refractivity contribution in [2.24, 2.45) is 11.3 Å². The van der Waals surface area contributed by atoms with Crippen molar-refractivity contribution in [3.8, 4) is 0 Å². The monoisotopic (exact) mass is 329 g/mol. The molecule has 0 aromatic rings. The molecular weight excluding hydrogens is 298 g/mol. The number of rotatable bonds is 6. The standard InChI is InChI=1S/C17H32BrN/c1-15(2)12-19(16-8-4-5-9-16)14-17(13-18)10-6-3-7-11-17/h15-16H,3-14H2,1-2H3. The Kier molecular flexibility index (Phi) is 6.20. The van der Waals surface area contributed by atoms with Crippen molar-refractivity contribution in [2.75, 3.05) is 18.4 Å². The predicted octanol–water partition coefficient (Wildman–Crippen LogP) is 5.23. The van der Waals surface area contributed by atoms with Gasteiger partial charge < -0.3 is 0 Å².